The fourth-order valence-corrected chi connectivity index (χ4v) is 1.48. The summed E-state index contributed by atoms with van der Waals surface area (Å²) in [5, 5.41) is 13.8. The minimum atomic E-state index is -0.540. The lowest BCUT2D eigenvalue weighted by molar-refractivity contribution is -0.384. The van der Waals surface area contributed by atoms with Crippen LogP contribution in [0.2, 0.25) is 0 Å². The van der Waals surface area contributed by atoms with E-state index in [4.69, 9.17) is 5.73 Å². The highest BCUT2D eigenvalue weighted by Gasteiger charge is 2.13. The van der Waals surface area contributed by atoms with Gasteiger partial charge in [-0.1, -0.05) is 0 Å². The summed E-state index contributed by atoms with van der Waals surface area (Å²) in [5.74, 6) is 0.495. The molecule has 0 bridgehead atoms. The number of hydrogen-bond acceptors (Lipinski definition) is 6. The first kappa shape index (κ1) is 14.2. The Hall–Kier alpha value is -1.89. The van der Waals surface area contributed by atoms with Gasteiger partial charge in [-0.25, -0.2) is 4.98 Å². The van der Waals surface area contributed by atoms with Crippen LogP contribution in [0.4, 0.5) is 17.3 Å². The van der Waals surface area contributed by atoms with Gasteiger partial charge in [-0.2, -0.15) is 0 Å². The molecule has 1 heterocycles. The molecule has 0 radical (unpaired) electrons. The second-order valence-corrected chi connectivity index (χ2v) is 4.50. The molecular formula is C11H19N5O2. The van der Waals surface area contributed by atoms with Crippen LogP contribution in [0.15, 0.2) is 12.1 Å². The Morgan fingerprint density at radius 2 is 2.22 bits per heavy atom. The van der Waals surface area contributed by atoms with Crippen LogP contribution in [0, 0.1) is 10.1 Å². The van der Waals surface area contributed by atoms with E-state index in [0.717, 1.165) is 13.0 Å². The Morgan fingerprint density at radius 3 is 2.72 bits per heavy atom. The molecule has 0 aromatic carbocycles. The van der Waals surface area contributed by atoms with Crippen LogP contribution in [0.3, 0.4) is 0 Å². The first-order chi connectivity index (χ1) is 8.40. The van der Waals surface area contributed by atoms with Crippen molar-refractivity contribution in [1.82, 2.24) is 9.88 Å². The number of nitrogen functional groups attached to an aromatic ring is 1. The topological polar surface area (TPSA) is 97.3 Å². The molecule has 7 heteroatoms. The number of anilines is 2. The van der Waals surface area contributed by atoms with Gasteiger partial charge in [0.25, 0.3) is 0 Å². The molecule has 0 aliphatic heterocycles. The molecule has 1 rings (SSSR count). The third kappa shape index (κ3) is 4.17. The number of hydrogen-bond donors (Lipinski definition) is 2. The summed E-state index contributed by atoms with van der Waals surface area (Å²) >= 11 is 0. The van der Waals surface area contributed by atoms with Crippen molar-refractivity contribution in [2.45, 2.75) is 19.4 Å². The van der Waals surface area contributed by atoms with Crippen molar-refractivity contribution in [3.05, 3.63) is 22.2 Å². The number of nitrogens with zero attached hydrogens (tertiary/aromatic N) is 3. The maximum absolute atomic E-state index is 10.6. The van der Waals surface area contributed by atoms with Crippen LogP contribution >= 0.6 is 0 Å². The van der Waals surface area contributed by atoms with Crippen molar-refractivity contribution in [3.8, 4) is 0 Å². The summed E-state index contributed by atoms with van der Waals surface area (Å²) in [6.07, 6.45) is 0.950. The first-order valence-corrected chi connectivity index (χ1v) is 5.72. The molecule has 1 aromatic heterocycles. The molecule has 0 saturated heterocycles. The van der Waals surface area contributed by atoms with Gasteiger partial charge in [0.2, 0.25) is 5.82 Å². The molecule has 1 unspecified atom stereocenters. The number of nitro groups is 1. The van der Waals surface area contributed by atoms with Gasteiger partial charge in [0.1, 0.15) is 5.82 Å². The smallest absolute Gasteiger partial charge is 0.311 e. The SMILES string of the molecule is CC(CCN(C)C)Nc1ccc([N+](=O)[O-])c(N)n1. The van der Waals surface area contributed by atoms with Gasteiger partial charge in [0, 0.05) is 12.1 Å². The molecule has 0 amide bonds. The van der Waals surface area contributed by atoms with Gasteiger partial charge in [0.15, 0.2) is 0 Å². The van der Waals surface area contributed by atoms with Crippen LogP contribution in [-0.2, 0) is 0 Å². The van der Waals surface area contributed by atoms with E-state index in [1.165, 1.54) is 6.07 Å². The van der Waals surface area contributed by atoms with Crippen molar-refractivity contribution in [3.63, 3.8) is 0 Å². The normalized spacial score (nSPS) is 12.4. The molecule has 0 spiro atoms. The molecule has 1 aromatic rings. The molecule has 7 nitrogen and oxygen atoms in total. The Morgan fingerprint density at radius 1 is 1.56 bits per heavy atom. The van der Waals surface area contributed by atoms with E-state index in [0.29, 0.717) is 5.82 Å². The van der Waals surface area contributed by atoms with E-state index in [1.807, 2.05) is 21.0 Å². The zero-order valence-corrected chi connectivity index (χ0v) is 10.9. The number of pyridine rings is 1. The van der Waals surface area contributed by atoms with Crippen LogP contribution in [-0.4, -0.2) is 41.5 Å². The lowest BCUT2D eigenvalue weighted by atomic mass is 10.2. The van der Waals surface area contributed by atoms with E-state index < -0.39 is 4.92 Å². The largest absolute Gasteiger partial charge is 0.378 e. The Kier molecular flexibility index (Phi) is 4.85. The maximum Gasteiger partial charge on any atom is 0.311 e. The Labute approximate surface area is 106 Å². The van der Waals surface area contributed by atoms with Crippen LogP contribution in [0.1, 0.15) is 13.3 Å². The quantitative estimate of drug-likeness (QED) is 0.586. The lowest BCUT2D eigenvalue weighted by Crippen LogP contribution is -2.23. The van der Waals surface area contributed by atoms with Crippen molar-refractivity contribution >= 4 is 17.3 Å². The number of aromatic nitrogens is 1. The standard InChI is InChI=1S/C11H19N5O2/c1-8(6-7-15(2)3)13-10-5-4-9(16(17)18)11(12)14-10/h4-5,8H,6-7H2,1-3H3,(H3,12,13,14). The van der Waals surface area contributed by atoms with Gasteiger partial charge < -0.3 is 16.0 Å². The summed E-state index contributed by atoms with van der Waals surface area (Å²) in [4.78, 5) is 16.1. The second kappa shape index (κ2) is 6.15. The van der Waals surface area contributed by atoms with E-state index in [1.54, 1.807) is 6.07 Å². The highest BCUT2D eigenvalue weighted by molar-refractivity contribution is 5.57. The first-order valence-electron chi connectivity index (χ1n) is 5.72. The fourth-order valence-electron chi connectivity index (χ4n) is 1.48. The zero-order chi connectivity index (χ0) is 13.7. The van der Waals surface area contributed by atoms with Crippen molar-refractivity contribution in [2.24, 2.45) is 0 Å². The van der Waals surface area contributed by atoms with Crippen molar-refractivity contribution in [2.75, 3.05) is 31.7 Å². The van der Waals surface area contributed by atoms with E-state index in [2.05, 4.69) is 15.2 Å². The highest BCUT2D eigenvalue weighted by atomic mass is 16.6. The predicted octanol–water partition coefficient (Wildman–Crippen LogP) is 1.32. The summed E-state index contributed by atoms with van der Waals surface area (Å²) in [7, 11) is 4.02. The Balaban J connectivity index is 2.63. The molecule has 100 valence electrons. The zero-order valence-electron chi connectivity index (χ0n) is 10.9. The summed E-state index contributed by atoms with van der Waals surface area (Å²) in [6.45, 7) is 2.99. The highest BCUT2D eigenvalue weighted by Crippen LogP contribution is 2.21. The van der Waals surface area contributed by atoms with Crippen molar-refractivity contribution < 1.29 is 4.92 Å². The molecule has 0 fully saturated rings. The molecule has 0 aliphatic rings. The maximum atomic E-state index is 10.6. The van der Waals surface area contributed by atoms with E-state index in [-0.39, 0.29) is 17.5 Å². The molecule has 0 saturated carbocycles. The molecule has 0 aliphatic carbocycles. The van der Waals surface area contributed by atoms with Gasteiger partial charge in [0.05, 0.1) is 4.92 Å². The van der Waals surface area contributed by atoms with Crippen LogP contribution in [0.5, 0.6) is 0 Å². The second-order valence-electron chi connectivity index (χ2n) is 4.50. The molecular weight excluding hydrogens is 234 g/mol. The van der Waals surface area contributed by atoms with Crippen LogP contribution < -0.4 is 11.1 Å². The van der Waals surface area contributed by atoms with Gasteiger partial charge >= 0.3 is 5.69 Å². The van der Waals surface area contributed by atoms with Crippen molar-refractivity contribution in [1.29, 1.82) is 0 Å². The van der Waals surface area contributed by atoms with Gasteiger partial charge in [-0.15, -0.1) is 0 Å². The lowest BCUT2D eigenvalue weighted by Gasteiger charge is -2.17. The average molecular weight is 253 g/mol. The average Bonchev–Trinajstić information content (AvgIpc) is 2.26. The number of nitrogens with two attached hydrogens (primary N) is 1. The monoisotopic (exact) mass is 253 g/mol. The molecule has 18 heavy (non-hydrogen) atoms. The molecule has 1 atom stereocenters. The van der Waals surface area contributed by atoms with Gasteiger partial charge in [-0.3, -0.25) is 10.1 Å². The fraction of sp³-hybridized carbons (Fsp3) is 0.545. The number of nitrogens with one attached hydrogen (secondary N) is 1. The third-order valence-electron chi connectivity index (χ3n) is 2.50. The molecule has 3 N–H and O–H groups in total. The van der Waals surface area contributed by atoms with E-state index >= 15 is 0 Å². The number of rotatable bonds is 6. The van der Waals surface area contributed by atoms with Gasteiger partial charge in [-0.05, 0) is 40.1 Å². The summed E-state index contributed by atoms with van der Waals surface area (Å²) in [6, 6.07) is 3.16. The minimum absolute atomic E-state index is 0.0650. The van der Waals surface area contributed by atoms with Crippen LogP contribution in [0.25, 0.3) is 0 Å². The van der Waals surface area contributed by atoms with E-state index in [9.17, 15) is 10.1 Å². The predicted molar refractivity (Wildman–Crippen MR) is 71.6 cm³/mol. The third-order valence-corrected chi connectivity index (χ3v) is 2.50. The Bertz CT molecular complexity index is 422. The summed E-state index contributed by atoms with van der Waals surface area (Å²) < 4.78 is 0. The minimum Gasteiger partial charge on any atom is -0.378 e. The summed E-state index contributed by atoms with van der Waals surface area (Å²) in [5.41, 5.74) is 5.35.